The van der Waals surface area contributed by atoms with Gasteiger partial charge in [-0.25, -0.2) is 4.98 Å². The van der Waals surface area contributed by atoms with E-state index in [-0.39, 0.29) is 24.0 Å². The van der Waals surface area contributed by atoms with Crippen molar-refractivity contribution < 1.29 is 9.15 Å². The van der Waals surface area contributed by atoms with Crippen LogP contribution in [0.1, 0.15) is 28.5 Å². The first-order valence-corrected chi connectivity index (χ1v) is 9.27. The fourth-order valence-electron chi connectivity index (χ4n) is 2.62. The van der Waals surface area contributed by atoms with Crippen LogP contribution in [0.3, 0.4) is 0 Å². The van der Waals surface area contributed by atoms with E-state index in [9.17, 15) is 0 Å². The van der Waals surface area contributed by atoms with Crippen LogP contribution in [0.5, 0.6) is 5.75 Å². The Labute approximate surface area is 188 Å². The van der Waals surface area contributed by atoms with Crippen molar-refractivity contribution in [2.24, 2.45) is 4.99 Å². The zero-order valence-corrected chi connectivity index (χ0v) is 19.3. The number of hydrogen-bond donors (Lipinski definition) is 2. The molecule has 0 amide bonds. The molecule has 7 heteroatoms. The molecule has 1 aromatic heterocycles. The van der Waals surface area contributed by atoms with Crippen molar-refractivity contribution in [3.05, 3.63) is 83.1 Å². The Morgan fingerprint density at radius 1 is 0.966 bits per heavy atom. The van der Waals surface area contributed by atoms with Gasteiger partial charge in [0, 0.05) is 13.6 Å². The molecular weight excluding hydrogens is 479 g/mol. The van der Waals surface area contributed by atoms with Crippen LogP contribution in [0.4, 0.5) is 0 Å². The molecule has 1 heterocycles. The number of benzene rings is 2. The Bertz CT molecular complexity index is 889. The third kappa shape index (κ3) is 7.08. The Morgan fingerprint density at radius 3 is 2.24 bits per heavy atom. The molecule has 0 aliphatic heterocycles. The first-order chi connectivity index (χ1) is 13.6. The highest BCUT2D eigenvalue weighted by Crippen LogP contribution is 2.12. The van der Waals surface area contributed by atoms with Crippen molar-refractivity contribution in [1.82, 2.24) is 15.6 Å². The summed E-state index contributed by atoms with van der Waals surface area (Å²) in [5.74, 6) is 3.07. The van der Waals surface area contributed by atoms with E-state index in [1.165, 1.54) is 0 Å². The zero-order valence-electron chi connectivity index (χ0n) is 16.9. The minimum atomic E-state index is 0. The van der Waals surface area contributed by atoms with E-state index in [4.69, 9.17) is 9.15 Å². The summed E-state index contributed by atoms with van der Waals surface area (Å²) in [6, 6.07) is 18.2. The number of ether oxygens (including phenoxy) is 1. The summed E-state index contributed by atoms with van der Waals surface area (Å²) < 4.78 is 11.3. The molecule has 0 fully saturated rings. The van der Waals surface area contributed by atoms with E-state index in [0.717, 1.165) is 28.3 Å². The molecule has 2 N–H and O–H groups in total. The highest BCUT2D eigenvalue weighted by atomic mass is 127. The summed E-state index contributed by atoms with van der Waals surface area (Å²) in [7, 11) is 1.74. The van der Waals surface area contributed by atoms with Crippen molar-refractivity contribution in [3.8, 4) is 5.75 Å². The van der Waals surface area contributed by atoms with Gasteiger partial charge in [0.25, 0.3) is 0 Å². The number of hydrogen-bond acceptors (Lipinski definition) is 4. The lowest BCUT2D eigenvalue weighted by atomic mass is 10.1. The van der Waals surface area contributed by atoms with Crippen molar-refractivity contribution in [1.29, 1.82) is 0 Å². The summed E-state index contributed by atoms with van der Waals surface area (Å²) >= 11 is 0. The molecule has 154 valence electrons. The number of aryl methyl sites for hydroxylation is 2. The molecule has 0 aliphatic carbocycles. The Balaban J connectivity index is 0.00000300. The van der Waals surface area contributed by atoms with Crippen LogP contribution in [0.15, 0.2) is 64.0 Å². The molecule has 0 saturated carbocycles. The summed E-state index contributed by atoms with van der Waals surface area (Å²) in [6.45, 7) is 5.56. The minimum Gasteiger partial charge on any atom is -0.489 e. The van der Waals surface area contributed by atoms with Gasteiger partial charge in [0.1, 0.15) is 18.1 Å². The molecule has 0 bridgehead atoms. The lowest BCUT2D eigenvalue weighted by molar-refractivity contribution is 0.306. The smallest absolute Gasteiger partial charge is 0.214 e. The average molecular weight is 506 g/mol. The minimum absolute atomic E-state index is 0. The lowest BCUT2D eigenvalue weighted by Crippen LogP contribution is -2.36. The molecule has 2 aromatic carbocycles. The quantitative estimate of drug-likeness (QED) is 0.283. The molecule has 3 aromatic rings. The Hall–Kier alpha value is -2.55. The first-order valence-electron chi connectivity index (χ1n) is 9.27. The monoisotopic (exact) mass is 506 g/mol. The largest absolute Gasteiger partial charge is 0.489 e. The predicted molar refractivity (Wildman–Crippen MR) is 126 cm³/mol. The van der Waals surface area contributed by atoms with Crippen molar-refractivity contribution in [2.45, 2.75) is 33.5 Å². The van der Waals surface area contributed by atoms with E-state index in [1.54, 1.807) is 7.05 Å². The second kappa shape index (κ2) is 11.5. The second-order valence-corrected chi connectivity index (χ2v) is 6.45. The van der Waals surface area contributed by atoms with Crippen LogP contribution in [0.25, 0.3) is 0 Å². The maximum absolute atomic E-state index is 5.77. The molecule has 0 unspecified atom stereocenters. The number of nitrogens with one attached hydrogen (secondary N) is 2. The van der Waals surface area contributed by atoms with Gasteiger partial charge in [0.05, 0.1) is 12.2 Å². The molecule has 0 aliphatic rings. The Kier molecular flexibility index (Phi) is 8.98. The molecule has 0 radical (unpaired) electrons. The normalized spacial score (nSPS) is 10.9. The number of rotatable bonds is 7. The molecule has 0 atom stereocenters. The van der Waals surface area contributed by atoms with Gasteiger partial charge in [-0.3, -0.25) is 4.99 Å². The standard InChI is InChI=1S/C22H26N4O2.HI/c1-16-17(2)28-21(26-16)14-25-22(23-3)24-13-18-9-11-19(12-10-18)15-27-20-7-5-4-6-8-20;/h4-12H,13-15H2,1-3H3,(H2,23,24,25);1H. The predicted octanol–water partition coefficient (Wildman–Crippen LogP) is 4.35. The number of oxazole rings is 1. The third-order valence-corrected chi connectivity index (χ3v) is 4.34. The highest BCUT2D eigenvalue weighted by molar-refractivity contribution is 14.0. The molecule has 29 heavy (non-hydrogen) atoms. The third-order valence-electron chi connectivity index (χ3n) is 4.34. The van der Waals surface area contributed by atoms with Gasteiger partial charge in [-0.05, 0) is 37.1 Å². The van der Waals surface area contributed by atoms with Crippen LogP contribution >= 0.6 is 24.0 Å². The van der Waals surface area contributed by atoms with Gasteiger partial charge >= 0.3 is 0 Å². The number of nitrogens with zero attached hydrogens (tertiary/aromatic N) is 2. The number of halogens is 1. The number of guanidine groups is 1. The van der Waals surface area contributed by atoms with Gasteiger partial charge in [-0.15, -0.1) is 24.0 Å². The van der Waals surface area contributed by atoms with Gasteiger partial charge < -0.3 is 19.8 Å². The van der Waals surface area contributed by atoms with E-state index in [1.807, 2.05) is 44.2 Å². The van der Waals surface area contributed by atoms with Crippen LogP contribution in [-0.4, -0.2) is 18.0 Å². The fourth-order valence-corrected chi connectivity index (χ4v) is 2.62. The lowest BCUT2D eigenvalue weighted by Gasteiger charge is -2.11. The molecule has 0 spiro atoms. The summed E-state index contributed by atoms with van der Waals surface area (Å²) in [4.78, 5) is 8.59. The van der Waals surface area contributed by atoms with Gasteiger partial charge in [-0.1, -0.05) is 42.5 Å². The number of para-hydroxylation sites is 1. The van der Waals surface area contributed by atoms with Gasteiger partial charge in [0.15, 0.2) is 5.96 Å². The van der Waals surface area contributed by atoms with E-state index in [2.05, 4.69) is 44.9 Å². The fraction of sp³-hybridized carbons (Fsp3) is 0.273. The van der Waals surface area contributed by atoms with Crippen LogP contribution in [-0.2, 0) is 19.7 Å². The van der Waals surface area contributed by atoms with Crippen molar-refractivity contribution in [3.63, 3.8) is 0 Å². The molecule has 0 saturated heterocycles. The van der Waals surface area contributed by atoms with E-state index < -0.39 is 0 Å². The second-order valence-electron chi connectivity index (χ2n) is 6.45. The Morgan fingerprint density at radius 2 is 1.62 bits per heavy atom. The highest BCUT2D eigenvalue weighted by Gasteiger charge is 2.06. The summed E-state index contributed by atoms with van der Waals surface area (Å²) in [5, 5.41) is 6.50. The summed E-state index contributed by atoms with van der Waals surface area (Å²) in [5.41, 5.74) is 3.20. The van der Waals surface area contributed by atoms with Crippen LogP contribution in [0.2, 0.25) is 0 Å². The SMILES string of the molecule is CN=C(NCc1ccc(COc2ccccc2)cc1)NCc1nc(C)c(C)o1.I. The maximum atomic E-state index is 5.77. The molecule has 3 rings (SSSR count). The zero-order chi connectivity index (χ0) is 19.8. The first kappa shape index (κ1) is 22.7. The van der Waals surface area contributed by atoms with E-state index in [0.29, 0.717) is 31.5 Å². The van der Waals surface area contributed by atoms with Crippen LogP contribution in [0, 0.1) is 13.8 Å². The van der Waals surface area contributed by atoms with Crippen molar-refractivity contribution >= 4 is 29.9 Å². The average Bonchev–Trinajstić information content (AvgIpc) is 3.05. The van der Waals surface area contributed by atoms with Gasteiger partial charge in [0.2, 0.25) is 5.89 Å². The number of aliphatic imine (C=N–C) groups is 1. The number of aromatic nitrogens is 1. The van der Waals surface area contributed by atoms with Crippen molar-refractivity contribution in [2.75, 3.05) is 7.05 Å². The van der Waals surface area contributed by atoms with Gasteiger partial charge in [-0.2, -0.15) is 0 Å². The van der Waals surface area contributed by atoms with E-state index >= 15 is 0 Å². The van der Waals surface area contributed by atoms with Crippen LogP contribution < -0.4 is 15.4 Å². The topological polar surface area (TPSA) is 71.7 Å². The molecular formula is C22H27IN4O2. The maximum Gasteiger partial charge on any atom is 0.214 e. The molecule has 6 nitrogen and oxygen atoms in total. The summed E-state index contributed by atoms with van der Waals surface area (Å²) in [6.07, 6.45) is 0.